The van der Waals surface area contributed by atoms with Crippen LogP contribution in [0.3, 0.4) is 0 Å². The number of halogens is 1. The van der Waals surface area contributed by atoms with Crippen molar-refractivity contribution < 1.29 is 4.79 Å². The van der Waals surface area contributed by atoms with Gasteiger partial charge in [-0.3, -0.25) is 4.79 Å². The third kappa shape index (κ3) is 3.36. The number of amides is 1. The molecule has 0 aliphatic heterocycles. The maximum absolute atomic E-state index is 12.5. The summed E-state index contributed by atoms with van der Waals surface area (Å²) in [6.07, 6.45) is 2.09. The Kier molecular flexibility index (Phi) is 3.96. The molecule has 1 saturated carbocycles. The fraction of sp³-hybridized carbons (Fsp3) is 0.467. The molecular weight excluding hydrogens is 304 g/mol. The maximum atomic E-state index is 12.5. The third-order valence-corrected chi connectivity index (χ3v) is 3.80. The first-order chi connectivity index (χ1) is 8.94. The Balaban J connectivity index is 2.18. The second kappa shape index (κ2) is 5.34. The Morgan fingerprint density at radius 1 is 1.53 bits per heavy atom. The van der Waals surface area contributed by atoms with E-state index in [4.69, 9.17) is 5.26 Å². The molecule has 100 valence electrons. The summed E-state index contributed by atoms with van der Waals surface area (Å²) < 4.78 is 1.01. The number of benzene rings is 1. The van der Waals surface area contributed by atoms with E-state index in [0.29, 0.717) is 12.6 Å². The van der Waals surface area contributed by atoms with Gasteiger partial charge in [-0.25, -0.2) is 0 Å². The zero-order valence-electron chi connectivity index (χ0n) is 11.2. The normalized spacial score (nSPS) is 14.8. The summed E-state index contributed by atoms with van der Waals surface area (Å²) in [5.74, 6) is -0.0718. The first-order valence-corrected chi connectivity index (χ1v) is 7.20. The molecule has 1 aliphatic rings. The topological polar surface area (TPSA) is 44.1 Å². The monoisotopic (exact) mass is 320 g/mol. The number of carbonyl (C=O) groups is 1. The number of rotatable bonds is 4. The average Bonchev–Trinajstić information content (AvgIpc) is 3.19. The molecule has 1 aliphatic carbocycles. The molecule has 0 unspecified atom stereocenters. The highest BCUT2D eigenvalue weighted by Gasteiger charge is 2.39. The predicted octanol–water partition coefficient (Wildman–Crippen LogP) is 3.49. The van der Waals surface area contributed by atoms with E-state index in [9.17, 15) is 4.79 Å². The molecule has 0 bridgehead atoms. The Bertz CT molecular complexity index is 529. The SMILES string of the molecule is CC(C)(C#N)C(=O)N(Cc1cccc(Br)c1)C1CC1. The van der Waals surface area contributed by atoms with Gasteiger partial charge >= 0.3 is 0 Å². The molecule has 0 atom stereocenters. The van der Waals surface area contributed by atoms with Gasteiger partial charge in [0.05, 0.1) is 6.07 Å². The van der Waals surface area contributed by atoms with E-state index >= 15 is 0 Å². The first-order valence-electron chi connectivity index (χ1n) is 6.41. The molecule has 1 fully saturated rings. The van der Waals surface area contributed by atoms with E-state index in [-0.39, 0.29) is 5.91 Å². The molecule has 0 N–H and O–H groups in total. The Morgan fingerprint density at radius 2 is 2.21 bits per heavy atom. The van der Waals surface area contributed by atoms with Crippen LogP contribution in [0.1, 0.15) is 32.3 Å². The quantitative estimate of drug-likeness (QED) is 0.852. The van der Waals surface area contributed by atoms with Crippen molar-refractivity contribution in [1.29, 1.82) is 5.26 Å². The lowest BCUT2D eigenvalue weighted by molar-refractivity contribution is -0.138. The van der Waals surface area contributed by atoms with Crippen molar-refractivity contribution in [1.82, 2.24) is 4.90 Å². The first kappa shape index (κ1) is 14.1. The van der Waals surface area contributed by atoms with Crippen molar-refractivity contribution in [3.05, 3.63) is 34.3 Å². The maximum Gasteiger partial charge on any atom is 0.243 e. The molecule has 0 aromatic heterocycles. The number of carbonyl (C=O) groups excluding carboxylic acids is 1. The summed E-state index contributed by atoms with van der Waals surface area (Å²) in [6, 6.07) is 10.4. The van der Waals surface area contributed by atoms with Gasteiger partial charge in [0, 0.05) is 17.1 Å². The summed E-state index contributed by atoms with van der Waals surface area (Å²) in [4.78, 5) is 14.3. The van der Waals surface area contributed by atoms with E-state index in [2.05, 4.69) is 22.0 Å². The molecule has 0 saturated heterocycles. The van der Waals surface area contributed by atoms with Gasteiger partial charge in [-0.15, -0.1) is 0 Å². The van der Waals surface area contributed by atoms with Gasteiger partial charge in [0.15, 0.2) is 0 Å². The lowest BCUT2D eigenvalue weighted by atomic mass is 9.93. The van der Waals surface area contributed by atoms with Crippen molar-refractivity contribution in [3.63, 3.8) is 0 Å². The minimum Gasteiger partial charge on any atom is -0.334 e. The molecule has 4 heteroatoms. The fourth-order valence-corrected chi connectivity index (χ4v) is 2.44. The summed E-state index contributed by atoms with van der Waals surface area (Å²) in [5, 5.41) is 9.12. The lowest BCUT2D eigenvalue weighted by Crippen LogP contribution is -2.41. The van der Waals surface area contributed by atoms with Crippen LogP contribution in [0.2, 0.25) is 0 Å². The summed E-state index contributed by atoms with van der Waals surface area (Å²) in [7, 11) is 0. The van der Waals surface area contributed by atoms with E-state index in [1.807, 2.05) is 29.2 Å². The van der Waals surface area contributed by atoms with Crippen LogP contribution < -0.4 is 0 Å². The van der Waals surface area contributed by atoms with Crippen LogP contribution in [0.15, 0.2) is 28.7 Å². The van der Waals surface area contributed by atoms with E-state index < -0.39 is 5.41 Å². The summed E-state index contributed by atoms with van der Waals surface area (Å²) in [5.41, 5.74) is 0.137. The van der Waals surface area contributed by atoms with Gasteiger partial charge in [-0.05, 0) is 44.4 Å². The molecular formula is C15H17BrN2O. The molecule has 3 nitrogen and oxygen atoms in total. The molecule has 0 heterocycles. The zero-order valence-corrected chi connectivity index (χ0v) is 12.8. The van der Waals surface area contributed by atoms with Crippen LogP contribution in [0.4, 0.5) is 0 Å². The van der Waals surface area contributed by atoms with Crippen LogP contribution in [-0.4, -0.2) is 16.8 Å². The van der Waals surface area contributed by atoms with Gasteiger partial charge < -0.3 is 4.90 Å². The Morgan fingerprint density at radius 3 is 2.74 bits per heavy atom. The molecule has 1 aromatic rings. The molecule has 1 aromatic carbocycles. The Labute approximate surface area is 122 Å². The van der Waals surface area contributed by atoms with Crippen molar-refractivity contribution in [2.75, 3.05) is 0 Å². The standard InChI is InChI=1S/C15H17BrN2O/c1-15(2,10-17)14(19)18(13-6-7-13)9-11-4-3-5-12(16)8-11/h3-5,8,13H,6-7,9H2,1-2H3. The number of hydrogen-bond donors (Lipinski definition) is 0. The van der Waals surface area contributed by atoms with Gasteiger partial charge in [-0.1, -0.05) is 28.1 Å². The molecule has 2 rings (SSSR count). The highest BCUT2D eigenvalue weighted by Crippen LogP contribution is 2.32. The van der Waals surface area contributed by atoms with Gasteiger partial charge in [0.2, 0.25) is 5.91 Å². The van der Waals surface area contributed by atoms with Crippen molar-refractivity contribution in [2.45, 2.75) is 39.3 Å². The second-order valence-electron chi connectivity index (χ2n) is 5.53. The summed E-state index contributed by atoms with van der Waals surface area (Å²) in [6.45, 7) is 3.95. The van der Waals surface area contributed by atoms with Crippen LogP contribution in [0.25, 0.3) is 0 Å². The molecule has 1 amide bonds. The van der Waals surface area contributed by atoms with Crippen LogP contribution in [-0.2, 0) is 11.3 Å². The predicted molar refractivity (Wildman–Crippen MR) is 77.1 cm³/mol. The van der Waals surface area contributed by atoms with Crippen LogP contribution >= 0.6 is 15.9 Å². The number of nitrogens with zero attached hydrogens (tertiary/aromatic N) is 2. The van der Waals surface area contributed by atoms with Crippen molar-refractivity contribution in [2.24, 2.45) is 5.41 Å². The highest BCUT2D eigenvalue weighted by molar-refractivity contribution is 9.10. The molecule has 19 heavy (non-hydrogen) atoms. The number of hydrogen-bond acceptors (Lipinski definition) is 2. The van der Waals surface area contributed by atoms with E-state index in [0.717, 1.165) is 22.9 Å². The molecule has 0 spiro atoms. The zero-order chi connectivity index (χ0) is 14.0. The number of nitriles is 1. The fourth-order valence-electron chi connectivity index (χ4n) is 1.99. The smallest absolute Gasteiger partial charge is 0.243 e. The van der Waals surface area contributed by atoms with E-state index in [1.54, 1.807) is 13.8 Å². The van der Waals surface area contributed by atoms with Gasteiger partial charge in [0.25, 0.3) is 0 Å². The van der Waals surface area contributed by atoms with Gasteiger partial charge in [0.1, 0.15) is 5.41 Å². The minimum atomic E-state index is -0.950. The van der Waals surface area contributed by atoms with Crippen molar-refractivity contribution in [3.8, 4) is 6.07 Å². The van der Waals surface area contributed by atoms with Crippen LogP contribution in [0, 0.1) is 16.7 Å². The largest absolute Gasteiger partial charge is 0.334 e. The molecule has 0 radical (unpaired) electrons. The lowest BCUT2D eigenvalue weighted by Gasteiger charge is -2.28. The third-order valence-electron chi connectivity index (χ3n) is 3.30. The highest BCUT2D eigenvalue weighted by atomic mass is 79.9. The van der Waals surface area contributed by atoms with Crippen LogP contribution in [0.5, 0.6) is 0 Å². The van der Waals surface area contributed by atoms with E-state index in [1.165, 1.54) is 0 Å². The van der Waals surface area contributed by atoms with Gasteiger partial charge in [-0.2, -0.15) is 5.26 Å². The second-order valence-corrected chi connectivity index (χ2v) is 6.45. The van der Waals surface area contributed by atoms with Crippen molar-refractivity contribution >= 4 is 21.8 Å². The average molecular weight is 321 g/mol. The minimum absolute atomic E-state index is 0.0718. The Hall–Kier alpha value is -1.34. The summed E-state index contributed by atoms with van der Waals surface area (Å²) >= 11 is 3.44.